The average molecular weight is 408 g/mol. The number of allylic oxidation sites excluding steroid dienone is 1. The first-order valence-electron chi connectivity index (χ1n) is 9.36. The summed E-state index contributed by atoms with van der Waals surface area (Å²) in [6.07, 6.45) is 4.63. The molecule has 0 saturated carbocycles. The van der Waals surface area contributed by atoms with E-state index in [-0.39, 0.29) is 23.5 Å². The summed E-state index contributed by atoms with van der Waals surface area (Å²) in [6, 6.07) is 17.7. The third-order valence-corrected chi connectivity index (χ3v) is 4.81. The van der Waals surface area contributed by atoms with E-state index < -0.39 is 0 Å². The van der Waals surface area contributed by atoms with Gasteiger partial charge in [0.05, 0.1) is 12.2 Å². The molecule has 0 bridgehead atoms. The van der Waals surface area contributed by atoms with E-state index in [1.165, 1.54) is 6.08 Å². The van der Waals surface area contributed by atoms with Crippen LogP contribution in [0.3, 0.4) is 0 Å². The fraction of sp³-hybridized carbons (Fsp3) is 0.167. The van der Waals surface area contributed by atoms with Crippen LogP contribution >= 0.6 is 11.6 Å². The number of rotatable bonds is 7. The molecule has 0 spiro atoms. The highest BCUT2D eigenvalue weighted by Crippen LogP contribution is 2.27. The van der Waals surface area contributed by atoms with E-state index in [4.69, 9.17) is 16.0 Å². The van der Waals surface area contributed by atoms with Crippen molar-refractivity contribution in [2.75, 3.05) is 5.32 Å². The van der Waals surface area contributed by atoms with Gasteiger partial charge >= 0.3 is 0 Å². The molecular formula is C24H22ClNO3. The predicted octanol–water partition coefficient (Wildman–Crippen LogP) is 6.21. The van der Waals surface area contributed by atoms with Crippen molar-refractivity contribution in [1.82, 2.24) is 0 Å². The molecule has 1 amide bonds. The van der Waals surface area contributed by atoms with E-state index in [9.17, 15) is 9.59 Å². The first kappa shape index (κ1) is 20.6. The normalized spacial score (nSPS) is 12.3. The van der Waals surface area contributed by atoms with E-state index in [2.05, 4.69) is 5.32 Å². The molecule has 1 heterocycles. The summed E-state index contributed by atoms with van der Waals surface area (Å²) < 4.78 is 5.17. The topological polar surface area (TPSA) is 59.3 Å². The van der Waals surface area contributed by atoms with Crippen LogP contribution in [0.15, 0.2) is 77.4 Å². The minimum absolute atomic E-state index is 0.0980. The molecule has 0 aliphatic carbocycles. The van der Waals surface area contributed by atoms with Crippen LogP contribution in [0, 0.1) is 5.92 Å². The molecule has 0 aliphatic rings. The smallest absolute Gasteiger partial charge is 0.232 e. The Hall–Kier alpha value is -3.11. The van der Waals surface area contributed by atoms with Crippen molar-refractivity contribution in [3.63, 3.8) is 0 Å². The van der Waals surface area contributed by atoms with Crippen molar-refractivity contribution in [1.29, 1.82) is 0 Å². The highest BCUT2D eigenvalue weighted by molar-refractivity contribution is 6.30. The fourth-order valence-electron chi connectivity index (χ4n) is 3.09. The number of furan rings is 1. The summed E-state index contributed by atoms with van der Waals surface area (Å²) in [5.41, 5.74) is 2.09. The number of ketones is 1. The van der Waals surface area contributed by atoms with Gasteiger partial charge in [-0.15, -0.1) is 0 Å². The van der Waals surface area contributed by atoms with Crippen LogP contribution in [0.2, 0.25) is 5.02 Å². The van der Waals surface area contributed by atoms with Gasteiger partial charge in [0.1, 0.15) is 5.76 Å². The summed E-state index contributed by atoms with van der Waals surface area (Å²) in [7, 11) is 0. The number of anilines is 1. The summed E-state index contributed by atoms with van der Waals surface area (Å²) in [5, 5.41) is 3.58. The minimum atomic E-state index is -0.301. The van der Waals surface area contributed by atoms with Gasteiger partial charge in [0, 0.05) is 16.3 Å². The van der Waals surface area contributed by atoms with E-state index in [1.54, 1.807) is 60.9 Å². The van der Waals surface area contributed by atoms with Crippen molar-refractivity contribution in [2.24, 2.45) is 5.92 Å². The lowest BCUT2D eigenvalue weighted by Crippen LogP contribution is -2.25. The SMILES string of the molecule is CC(C)C(C(=O)Nc1ccc(C(=O)/C=C\c2ccco2)cc1)c1ccc(Cl)cc1. The lowest BCUT2D eigenvalue weighted by molar-refractivity contribution is -0.118. The Balaban J connectivity index is 1.68. The average Bonchev–Trinajstić information content (AvgIpc) is 3.22. The van der Waals surface area contributed by atoms with Gasteiger partial charge in [-0.1, -0.05) is 37.6 Å². The third kappa shape index (κ3) is 5.46. The monoisotopic (exact) mass is 407 g/mol. The lowest BCUT2D eigenvalue weighted by atomic mass is 9.87. The van der Waals surface area contributed by atoms with Crippen molar-refractivity contribution < 1.29 is 14.0 Å². The molecule has 1 N–H and O–H groups in total. The highest BCUT2D eigenvalue weighted by atomic mass is 35.5. The first-order valence-corrected chi connectivity index (χ1v) is 9.74. The molecule has 5 heteroatoms. The zero-order chi connectivity index (χ0) is 20.8. The number of amides is 1. The maximum absolute atomic E-state index is 12.9. The fourth-order valence-corrected chi connectivity index (χ4v) is 3.21. The molecule has 0 radical (unpaired) electrons. The Morgan fingerprint density at radius 1 is 1.00 bits per heavy atom. The maximum Gasteiger partial charge on any atom is 0.232 e. The summed E-state index contributed by atoms with van der Waals surface area (Å²) in [6.45, 7) is 4.01. The molecule has 148 valence electrons. The van der Waals surface area contributed by atoms with E-state index >= 15 is 0 Å². The van der Waals surface area contributed by atoms with Crippen LogP contribution in [0.1, 0.15) is 41.4 Å². The van der Waals surface area contributed by atoms with Crippen LogP contribution in [-0.2, 0) is 4.79 Å². The molecule has 3 rings (SSSR count). The Labute approximate surface area is 175 Å². The Morgan fingerprint density at radius 3 is 2.28 bits per heavy atom. The molecule has 1 atom stereocenters. The molecule has 0 aliphatic heterocycles. The minimum Gasteiger partial charge on any atom is -0.465 e. The Bertz CT molecular complexity index is 988. The quantitative estimate of drug-likeness (QED) is 0.374. The van der Waals surface area contributed by atoms with Crippen LogP contribution in [0.25, 0.3) is 6.08 Å². The van der Waals surface area contributed by atoms with Crippen molar-refractivity contribution in [3.8, 4) is 0 Å². The van der Waals surface area contributed by atoms with Gasteiger partial charge in [-0.05, 0) is 72.2 Å². The van der Waals surface area contributed by atoms with Crippen molar-refractivity contribution in [3.05, 3.63) is 94.9 Å². The van der Waals surface area contributed by atoms with Gasteiger partial charge in [-0.25, -0.2) is 0 Å². The summed E-state index contributed by atoms with van der Waals surface area (Å²) in [5.74, 6) is 0.192. The van der Waals surface area contributed by atoms with E-state index in [1.807, 2.05) is 26.0 Å². The van der Waals surface area contributed by atoms with Crippen molar-refractivity contribution >= 4 is 35.1 Å². The molecule has 3 aromatic rings. The van der Waals surface area contributed by atoms with Crippen LogP contribution in [0.5, 0.6) is 0 Å². The second-order valence-electron chi connectivity index (χ2n) is 7.05. The zero-order valence-corrected chi connectivity index (χ0v) is 17.0. The van der Waals surface area contributed by atoms with Crippen LogP contribution in [-0.4, -0.2) is 11.7 Å². The predicted molar refractivity (Wildman–Crippen MR) is 116 cm³/mol. The zero-order valence-electron chi connectivity index (χ0n) is 16.3. The molecule has 1 aromatic heterocycles. The van der Waals surface area contributed by atoms with Gasteiger partial charge in [0.25, 0.3) is 0 Å². The second kappa shape index (κ2) is 9.39. The molecular weight excluding hydrogens is 386 g/mol. The number of hydrogen-bond donors (Lipinski definition) is 1. The van der Waals surface area contributed by atoms with Gasteiger partial charge in [-0.2, -0.15) is 0 Å². The number of halogens is 1. The van der Waals surface area contributed by atoms with Gasteiger partial charge in [0.2, 0.25) is 5.91 Å². The molecule has 29 heavy (non-hydrogen) atoms. The number of nitrogens with one attached hydrogen (secondary N) is 1. The van der Waals surface area contributed by atoms with Gasteiger partial charge < -0.3 is 9.73 Å². The largest absolute Gasteiger partial charge is 0.465 e. The summed E-state index contributed by atoms with van der Waals surface area (Å²) >= 11 is 5.96. The van der Waals surface area contributed by atoms with Gasteiger partial charge in [0.15, 0.2) is 5.78 Å². The summed E-state index contributed by atoms with van der Waals surface area (Å²) in [4.78, 5) is 25.1. The van der Waals surface area contributed by atoms with E-state index in [0.29, 0.717) is 22.0 Å². The van der Waals surface area contributed by atoms with E-state index in [0.717, 1.165) is 5.56 Å². The Morgan fingerprint density at radius 2 is 1.69 bits per heavy atom. The molecule has 0 fully saturated rings. The molecule has 2 aromatic carbocycles. The molecule has 1 unspecified atom stereocenters. The van der Waals surface area contributed by atoms with Gasteiger partial charge in [-0.3, -0.25) is 9.59 Å². The number of hydrogen-bond acceptors (Lipinski definition) is 3. The molecule has 4 nitrogen and oxygen atoms in total. The third-order valence-electron chi connectivity index (χ3n) is 4.56. The number of benzene rings is 2. The highest BCUT2D eigenvalue weighted by Gasteiger charge is 2.24. The lowest BCUT2D eigenvalue weighted by Gasteiger charge is -2.21. The van der Waals surface area contributed by atoms with Crippen LogP contribution in [0.4, 0.5) is 5.69 Å². The maximum atomic E-state index is 12.9. The Kier molecular flexibility index (Phi) is 6.68. The number of carbonyl (C=O) groups excluding carboxylic acids is 2. The standard InChI is InChI=1S/C24H22ClNO3/c1-16(2)23(18-5-9-19(25)10-6-18)24(28)26-20-11-7-17(8-12-20)22(27)14-13-21-4-3-15-29-21/h3-16,23H,1-2H3,(H,26,28)/b14-13-. The first-order chi connectivity index (χ1) is 13.9. The molecule has 0 saturated heterocycles. The number of carbonyl (C=O) groups is 2. The van der Waals surface area contributed by atoms with Crippen LogP contribution < -0.4 is 5.32 Å². The second-order valence-corrected chi connectivity index (χ2v) is 7.49. The van der Waals surface area contributed by atoms with Crippen molar-refractivity contribution in [2.45, 2.75) is 19.8 Å².